The summed E-state index contributed by atoms with van der Waals surface area (Å²) >= 11 is 1.92. The number of thiophene rings is 1. The van der Waals surface area contributed by atoms with Crippen molar-refractivity contribution in [3.63, 3.8) is 0 Å². The molecule has 3 aromatic carbocycles. The SMILES string of the molecule is Cc1cccc2sc3cccc(-c4cccc5c4CCC5)c3c12. The molecule has 0 nitrogen and oxygen atoms in total. The highest BCUT2D eigenvalue weighted by atomic mass is 32.1. The molecule has 1 aromatic heterocycles. The van der Waals surface area contributed by atoms with Crippen LogP contribution < -0.4 is 0 Å². The Balaban J connectivity index is 1.93. The monoisotopic (exact) mass is 314 g/mol. The molecule has 1 aliphatic carbocycles. The Hall–Kier alpha value is -2.12. The molecule has 0 atom stereocenters. The minimum absolute atomic E-state index is 1.23. The van der Waals surface area contributed by atoms with E-state index in [1.54, 1.807) is 11.1 Å². The zero-order valence-electron chi connectivity index (χ0n) is 13.2. The molecule has 0 unspecified atom stereocenters. The fourth-order valence-electron chi connectivity index (χ4n) is 4.14. The lowest BCUT2D eigenvalue weighted by atomic mass is 9.93. The fraction of sp³-hybridized carbons (Fsp3) is 0.182. The van der Waals surface area contributed by atoms with E-state index in [2.05, 4.69) is 61.5 Å². The number of fused-ring (bicyclic) bond motifs is 4. The average Bonchev–Trinajstić information content (AvgIpc) is 3.18. The predicted molar refractivity (Wildman–Crippen MR) is 102 cm³/mol. The summed E-state index contributed by atoms with van der Waals surface area (Å²) in [5, 5.41) is 2.89. The summed E-state index contributed by atoms with van der Waals surface area (Å²) in [7, 11) is 0. The van der Waals surface area contributed by atoms with Crippen LogP contribution in [0.1, 0.15) is 23.1 Å². The second-order valence-electron chi connectivity index (χ2n) is 6.53. The number of rotatable bonds is 1. The summed E-state index contributed by atoms with van der Waals surface area (Å²) in [4.78, 5) is 0. The first-order valence-electron chi connectivity index (χ1n) is 8.35. The van der Waals surface area contributed by atoms with Gasteiger partial charge >= 0.3 is 0 Å². The van der Waals surface area contributed by atoms with E-state index in [1.807, 2.05) is 11.3 Å². The maximum atomic E-state index is 2.32. The van der Waals surface area contributed by atoms with Crippen LogP contribution in [0, 0.1) is 6.92 Å². The number of aryl methyl sites for hydroxylation is 2. The van der Waals surface area contributed by atoms with Crippen molar-refractivity contribution >= 4 is 31.5 Å². The molecule has 112 valence electrons. The normalized spacial score (nSPS) is 13.8. The first-order chi connectivity index (χ1) is 11.3. The van der Waals surface area contributed by atoms with Gasteiger partial charge in [-0.15, -0.1) is 11.3 Å². The van der Waals surface area contributed by atoms with Crippen LogP contribution in [0.3, 0.4) is 0 Å². The molecule has 0 radical (unpaired) electrons. The van der Waals surface area contributed by atoms with Crippen molar-refractivity contribution in [2.24, 2.45) is 0 Å². The van der Waals surface area contributed by atoms with Crippen LogP contribution in [0.5, 0.6) is 0 Å². The third-order valence-electron chi connectivity index (χ3n) is 5.17. The van der Waals surface area contributed by atoms with Crippen molar-refractivity contribution < 1.29 is 0 Å². The smallest absolute Gasteiger partial charge is 0.0361 e. The largest absolute Gasteiger partial charge is 0.135 e. The maximum Gasteiger partial charge on any atom is 0.0361 e. The third kappa shape index (κ3) is 1.90. The van der Waals surface area contributed by atoms with E-state index in [4.69, 9.17) is 0 Å². The Labute approximate surface area is 140 Å². The zero-order chi connectivity index (χ0) is 15.4. The van der Waals surface area contributed by atoms with Crippen LogP contribution in [0.2, 0.25) is 0 Å². The van der Waals surface area contributed by atoms with E-state index in [0.29, 0.717) is 0 Å². The molecule has 5 rings (SSSR count). The van der Waals surface area contributed by atoms with E-state index in [1.165, 1.54) is 56.1 Å². The van der Waals surface area contributed by atoms with E-state index in [0.717, 1.165) is 0 Å². The lowest BCUT2D eigenvalue weighted by Gasteiger charge is -2.11. The van der Waals surface area contributed by atoms with Gasteiger partial charge in [0.15, 0.2) is 0 Å². The van der Waals surface area contributed by atoms with Gasteiger partial charge in [-0.25, -0.2) is 0 Å². The molecule has 0 aliphatic heterocycles. The van der Waals surface area contributed by atoms with Crippen LogP contribution in [0.4, 0.5) is 0 Å². The summed E-state index contributed by atoms with van der Waals surface area (Å²) in [5.74, 6) is 0. The van der Waals surface area contributed by atoms with Gasteiger partial charge in [0.2, 0.25) is 0 Å². The summed E-state index contributed by atoms with van der Waals surface area (Å²) in [6, 6.07) is 20.3. The standard InChI is InChI=1S/C22H18S/c1-14-6-2-12-19-21(14)22-18(11-5-13-20(22)23-19)17-10-4-8-15-7-3-9-16(15)17/h2,4-6,8,10-13H,3,7,9H2,1H3. The summed E-state index contributed by atoms with van der Waals surface area (Å²) in [6.45, 7) is 2.24. The molecular formula is C22H18S. The Bertz CT molecular complexity index is 1050. The Morgan fingerprint density at radius 3 is 2.39 bits per heavy atom. The molecule has 1 aliphatic rings. The first-order valence-corrected chi connectivity index (χ1v) is 9.16. The van der Waals surface area contributed by atoms with E-state index in [9.17, 15) is 0 Å². The summed E-state index contributed by atoms with van der Waals surface area (Å²) in [5.41, 5.74) is 7.38. The lowest BCUT2D eigenvalue weighted by molar-refractivity contribution is 0.912. The molecule has 0 N–H and O–H groups in total. The minimum Gasteiger partial charge on any atom is -0.135 e. The van der Waals surface area contributed by atoms with Crippen LogP contribution >= 0.6 is 11.3 Å². The van der Waals surface area contributed by atoms with Gasteiger partial charge in [-0.3, -0.25) is 0 Å². The van der Waals surface area contributed by atoms with Gasteiger partial charge in [0, 0.05) is 20.2 Å². The van der Waals surface area contributed by atoms with Gasteiger partial charge in [-0.1, -0.05) is 42.5 Å². The highest BCUT2D eigenvalue weighted by Gasteiger charge is 2.18. The second kappa shape index (κ2) is 4.94. The summed E-state index contributed by atoms with van der Waals surface area (Å²) < 4.78 is 2.81. The van der Waals surface area contributed by atoms with Crippen molar-refractivity contribution in [2.75, 3.05) is 0 Å². The second-order valence-corrected chi connectivity index (χ2v) is 7.61. The van der Waals surface area contributed by atoms with Crippen LogP contribution in [0.15, 0.2) is 54.6 Å². The Morgan fingerprint density at radius 1 is 0.739 bits per heavy atom. The third-order valence-corrected chi connectivity index (χ3v) is 6.29. The molecule has 23 heavy (non-hydrogen) atoms. The van der Waals surface area contributed by atoms with Gasteiger partial charge in [0.05, 0.1) is 0 Å². The molecule has 0 amide bonds. The van der Waals surface area contributed by atoms with Gasteiger partial charge in [0.25, 0.3) is 0 Å². The molecule has 0 bridgehead atoms. The molecule has 0 saturated heterocycles. The molecule has 0 saturated carbocycles. The van der Waals surface area contributed by atoms with E-state index < -0.39 is 0 Å². The minimum atomic E-state index is 1.23. The van der Waals surface area contributed by atoms with E-state index in [-0.39, 0.29) is 0 Å². The quantitative estimate of drug-likeness (QED) is 0.375. The molecule has 0 fully saturated rings. The molecule has 0 spiro atoms. The number of hydrogen-bond donors (Lipinski definition) is 0. The van der Waals surface area contributed by atoms with Gasteiger partial charge in [-0.05, 0) is 66.1 Å². The van der Waals surface area contributed by atoms with Gasteiger partial charge < -0.3 is 0 Å². The Morgan fingerprint density at radius 2 is 1.48 bits per heavy atom. The predicted octanol–water partition coefficient (Wildman–Crippen LogP) is 6.52. The van der Waals surface area contributed by atoms with Crippen LogP contribution in [-0.2, 0) is 12.8 Å². The van der Waals surface area contributed by atoms with Crippen LogP contribution in [-0.4, -0.2) is 0 Å². The Kier molecular flexibility index (Phi) is 2.86. The molecular weight excluding hydrogens is 296 g/mol. The highest BCUT2D eigenvalue weighted by molar-refractivity contribution is 7.26. The topological polar surface area (TPSA) is 0 Å². The lowest BCUT2D eigenvalue weighted by Crippen LogP contribution is -1.89. The summed E-state index contributed by atoms with van der Waals surface area (Å²) in [6.07, 6.45) is 3.76. The molecule has 4 aromatic rings. The van der Waals surface area contributed by atoms with E-state index >= 15 is 0 Å². The van der Waals surface area contributed by atoms with Crippen molar-refractivity contribution in [1.29, 1.82) is 0 Å². The first kappa shape index (κ1) is 13.3. The van der Waals surface area contributed by atoms with Crippen molar-refractivity contribution in [2.45, 2.75) is 26.2 Å². The van der Waals surface area contributed by atoms with Gasteiger partial charge in [-0.2, -0.15) is 0 Å². The van der Waals surface area contributed by atoms with Crippen molar-refractivity contribution in [1.82, 2.24) is 0 Å². The molecule has 1 heteroatoms. The average molecular weight is 314 g/mol. The zero-order valence-corrected chi connectivity index (χ0v) is 14.0. The van der Waals surface area contributed by atoms with Crippen molar-refractivity contribution in [3.05, 3.63) is 71.3 Å². The highest BCUT2D eigenvalue weighted by Crippen LogP contribution is 2.43. The van der Waals surface area contributed by atoms with Crippen molar-refractivity contribution in [3.8, 4) is 11.1 Å². The number of benzene rings is 3. The number of hydrogen-bond acceptors (Lipinski definition) is 1. The maximum absolute atomic E-state index is 2.32. The fourth-order valence-corrected chi connectivity index (χ4v) is 5.34. The van der Waals surface area contributed by atoms with Crippen LogP contribution in [0.25, 0.3) is 31.3 Å². The van der Waals surface area contributed by atoms with Gasteiger partial charge in [0.1, 0.15) is 0 Å². The molecule has 1 heterocycles.